The fourth-order valence-electron chi connectivity index (χ4n) is 4.47. The van der Waals surface area contributed by atoms with Gasteiger partial charge in [-0.3, -0.25) is 9.59 Å². The van der Waals surface area contributed by atoms with Crippen molar-refractivity contribution in [3.63, 3.8) is 0 Å². The van der Waals surface area contributed by atoms with Crippen LogP contribution in [0.25, 0.3) is 0 Å². The summed E-state index contributed by atoms with van der Waals surface area (Å²) in [5.74, 6) is -0.687. The monoisotopic (exact) mass is 469 g/mol. The minimum absolute atomic E-state index is 0.00614. The van der Waals surface area contributed by atoms with Gasteiger partial charge in [-0.25, -0.2) is 8.42 Å². The van der Waals surface area contributed by atoms with E-state index in [4.69, 9.17) is 0 Å². The second-order valence-corrected chi connectivity index (χ2v) is 11.1. The molecule has 0 aliphatic carbocycles. The van der Waals surface area contributed by atoms with Crippen LogP contribution in [0.5, 0.6) is 0 Å². The van der Waals surface area contributed by atoms with Crippen LogP contribution in [0.2, 0.25) is 0 Å². The lowest BCUT2D eigenvalue weighted by molar-refractivity contribution is -0.126. The van der Waals surface area contributed by atoms with Gasteiger partial charge in [0, 0.05) is 38.3 Å². The summed E-state index contributed by atoms with van der Waals surface area (Å²) in [6.07, 6.45) is 1.23. The lowest BCUT2D eigenvalue weighted by Crippen LogP contribution is -2.38. The van der Waals surface area contributed by atoms with Crippen molar-refractivity contribution in [3.05, 3.63) is 64.7 Å². The quantitative estimate of drug-likeness (QED) is 0.632. The van der Waals surface area contributed by atoms with E-state index in [-0.39, 0.29) is 30.5 Å². The lowest BCUT2D eigenvalue weighted by Gasteiger charge is -2.28. The van der Waals surface area contributed by atoms with E-state index in [0.717, 1.165) is 28.8 Å². The third kappa shape index (κ3) is 5.28. The van der Waals surface area contributed by atoms with Crippen LogP contribution in [0.3, 0.4) is 0 Å². The van der Waals surface area contributed by atoms with Crippen LogP contribution in [-0.2, 0) is 32.6 Å². The zero-order chi connectivity index (χ0) is 23.6. The second kappa shape index (κ2) is 9.65. The third-order valence-electron chi connectivity index (χ3n) is 6.67. The average molecular weight is 470 g/mol. The van der Waals surface area contributed by atoms with Crippen molar-refractivity contribution in [2.75, 3.05) is 30.3 Å². The minimum Gasteiger partial charge on any atom is -0.356 e. The van der Waals surface area contributed by atoms with Crippen LogP contribution in [0, 0.1) is 19.8 Å². The Balaban J connectivity index is 1.25. The van der Waals surface area contributed by atoms with E-state index in [1.165, 1.54) is 9.87 Å². The zero-order valence-electron chi connectivity index (χ0n) is 19.2. The van der Waals surface area contributed by atoms with Crippen LogP contribution in [0.1, 0.15) is 35.1 Å². The molecule has 0 radical (unpaired) electrons. The molecule has 0 saturated carbocycles. The normalized spacial score (nSPS) is 18.9. The van der Waals surface area contributed by atoms with E-state index >= 15 is 0 Å². The lowest BCUT2D eigenvalue weighted by atomic mass is 10.0. The fourth-order valence-corrected chi connectivity index (χ4v) is 5.95. The number of amides is 2. The molecule has 4 rings (SSSR count). The van der Waals surface area contributed by atoms with Gasteiger partial charge in [0.2, 0.25) is 21.8 Å². The molecule has 176 valence electrons. The first kappa shape index (κ1) is 23.4. The number of aryl methyl sites for hydroxylation is 2. The average Bonchev–Trinajstić information content (AvgIpc) is 3.20. The van der Waals surface area contributed by atoms with Gasteiger partial charge in [-0.15, -0.1) is 0 Å². The maximum absolute atomic E-state index is 12.8. The molecule has 2 aromatic carbocycles. The second-order valence-electron chi connectivity index (χ2n) is 8.99. The van der Waals surface area contributed by atoms with Crippen molar-refractivity contribution >= 4 is 27.5 Å². The number of nitrogens with one attached hydrogen (secondary N) is 1. The van der Waals surface area contributed by atoms with E-state index in [1.54, 1.807) is 4.90 Å². The largest absolute Gasteiger partial charge is 0.356 e. The molecule has 0 bridgehead atoms. The van der Waals surface area contributed by atoms with Crippen molar-refractivity contribution < 1.29 is 18.0 Å². The summed E-state index contributed by atoms with van der Waals surface area (Å²) in [5, 5.41) is 2.83. The number of benzene rings is 2. The molecule has 2 aliphatic rings. The van der Waals surface area contributed by atoms with Crippen LogP contribution in [0.15, 0.2) is 42.5 Å². The van der Waals surface area contributed by atoms with Crippen molar-refractivity contribution in [2.45, 2.75) is 39.7 Å². The first-order chi connectivity index (χ1) is 15.7. The number of carbonyl (C=O) groups is 2. The highest BCUT2D eigenvalue weighted by Crippen LogP contribution is 2.27. The van der Waals surface area contributed by atoms with Crippen LogP contribution in [0.4, 0.5) is 5.69 Å². The molecular weight excluding hydrogens is 438 g/mol. The first-order valence-electron chi connectivity index (χ1n) is 11.4. The van der Waals surface area contributed by atoms with Crippen molar-refractivity contribution in [3.8, 4) is 0 Å². The van der Waals surface area contributed by atoms with E-state index < -0.39 is 15.9 Å². The number of sulfonamides is 1. The standard InChI is InChI=1S/C25H31N3O4S/c1-18-8-9-23(14-19(18)2)28-17-22(15-24(28)29)25(30)26-11-5-13-33(31,32)27-12-10-20-6-3-4-7-21(20)16-27/h3-4,6-9,14,22H,5,10-13,15-17H2,1-2H3,(H,26,30). The highest BCUT2D eigenvalue weighted by molar-refractivity contribution is 7.89. The molecule has 2 amide bonds. The molecule has 1 fully saturated rings. The molecule has 1 saturated heterocycles. The van der Waals surface area contributed by atoms with Crippen molar-refractivity contribution in [1.29, 1.82) is 0 Å². The molecule has 7 nitrogen and oxygen atoms in total. The molecule has 2 aromatic rings. The van der Waals surface area contributed by atoms with Gasteiger partial charge in [-0.05, 0) is 61.1 Å². The van der Waals surface area contributed by atoms with E-state index in [1.807, 2.05) is 56.3 Å². The topological polar surface area (TPSA) is 86.8 Å². The predicted molar refractivity (Wildman–Crippen MR) is 128 cm³/mol. The SMILES string of the molecule is Cc1ccc(N2CC(C(=O)NCCCS(=O)(=O)N3CCc4ccccc4C3)CC2=O)cc1C. The Kier molecular flexibility index (Phi) is 6.86. The Hall–Kier alpha value is -2.71. The Labute approximate surface area is 195 Å². The van der Waals surface area contributed by atoms with E-state index in [0.29, 0.717) is 26.1 Å². The molecular formula is C25H31N3O4S. The summed E-state index contributed by atoms with van der Waals surface area (Å²) in [5.41, 5.74) is 5.33. The summed E-state index contributed by atoms with van der Waals surface area (Å²) in [6, 6.07) is 13.8. The van der Waals surface area contributed by atoms with Crippen LogP contribution >= 0.6 is 0 Å². The first-order valence-corrected chi connectivity index (χ1v) is 13.1. The molecule has 0 aromatic heterocycles. The summed E-state index contributed by atoms with van der Waals surface area (Å²) >= 11 is 0. The number of hydrogen-bond acceptors (Lipinski definition) is 4. The van der Waals surface area contributed by atoms with Gasteiger partial charge >= 0.3 is 0 Å². The maximum Gasteiger partial charge on any atom is 0.227 e. The smallest absolute Gasteiger partial charge is 0.227 e. The number of hydrogen-bond donors (Lipinski definition) is 1. The zero-order valence-corrected chi connectivity index (χ0v) is 20.0. The Bertz CT molecular complexity index is 1160. The van der Waals surface area contributed by atoms with Crippen molar-refractivity contribution in [2.24, 2.45) is 5.92 Å². The molecule has 1 unspecified atom stereocenters. The molecule has 2 heterocycles. The summed E-state index contributed by atoms with van der Waals surface area (Å²) in [4.78, 5) is 26.7. The number of anilines is 1. The maximum atomic E-state index is 12.8. The van der Waals surface area contributed by atoms with Crippen molar-refractivity contribution in [1.82, 2.24) is 9.62 Å². The summed E-state index contributed by atoms with van der Waals surface area (Å²) < 4.78 is 27.0. The number of nitrogens with zero attached hydrogens (tertiary/aromatic N) is 2. The van der Waals surface area contributed by atoms with Crippen LogP contribution in [-0.4, -0.2) is 49.9 Å². The van der Waals surface area contributed by atoms with Gasteiger partial charge in [0.25, 0.3) is 0 Å². The number of carbonyl (C=O) groups excluding carboxylic acids is 2. The Morgan fingerprint density at radius 3 is 2.61 bits per heavy atom. The van der Waals surface area contributed by atoms with E-state index in [2.05, 4.69) is 5.32 Å². The minimum atomic E-state index is -3.38. The molecule has 33 heavy (non-hydrogen) atoms. The summed E-state index contributed by atoms with van der Waals surface area (Å²) in [7, 11) is -3.38. The third-order valence-corrected chi connectivity index (χ3v) is 8.57. The van der Waals surface area contributed by atoms with Gasteiger partial charge in [0.05, 0.1) is 11.7 Å². The molecule has 1 atom stereocenters. The van der Waals surface area contributed by atoms with Gasteiger partial charge < -0.3 is 10.2 Å². The Morgan fingerprint density at radius 2 is 1.85 bits per heavy atom. The highest BCUT2D eigenvalue weighted by Gasteiger charge is 2.35. The molecule has 1 N–H and O–H groups in total. The van der Waals surface area contributed by atoms with Gasteiger partial charge in [-0.2, -0.15) is 4.31 Å². The van der Waals surface area contributed by atoms with Gasteiger partial charge in [0.15, 0.2) is 0 Å². The highest BCUT2D eigenvalue weighted by atomic mass is 32.2. The van der Waals surface area contributed by atoms with Gasteiger partial charge in [0.1, 0.15) is 0 Å². The fraction of sp³-hybridized carbons (Fsp3) is 0.440. The predicted octanol–water partition coefficient (Wildman–Crippen LogP) is 2.55. The van der Waals surface area contributed by atoms with Gasteiger partial charge in [-0.1, -0.05) is 30.3 Å². The number of rotatable bonds is 7. The van der Waals surface area contributed by atoms with Crippen LogP contribution < -0.4 is 10.2 Å². The molecule has 0 spiro atoms. The summed E-state index contributed by atoms with van der Waals surface area (Å²) in [6.45, 7) is 5.54. The molecule has 2 aliphatic heterocycles. The number of fused-ring (bicyclic) bond motifs is 1. The molecule has 8 heteroatoms. The Morgan fingerprint density at radius 1 is 1.09 bits per heavy atom. The van der Waals surface area contributed by atoms with E-state index in [9.17, 15) is 18.0 Å².